The van der Waals surface area contributed by atoms with Crippen molar-refractivity contribution in [3.8, 4) is 0 Å². The number of rotatable bonds is 3. The fraction of sp³-hybridized carbons (Fsp3) is 0.556. The predicted molar refractivity (Wildman–Crippen MR) is 93.9 cm³/mol. The average molecular weight is 362 g/mol. The zero-order valence-corrected chi connectivity index (χ0v) is 15.0. The molecule has 1 aromatic rings. The van der Waals surface area contributed by atoms with Crippen LogP contribution in [0.25, 0.3) is 0 Å². The summed E-state index contributed by atoms with van der Waals surface area (Å²) < 4.78 is 23.0. The van der Waals surface area contributed by atoms with Crippen LogP contribution in [0.4, 0.5) is 5.69 Å². The fourth-order valence-corrected chi connectivity index (χ4v) is 5.73. The average Bonchev–Trinajstić information content (AvgIpc) is 3.19. The molecule has 1 N–H and O–H groups in total. The first-order chi connectivity index (χ1) is 11.9. The van der Waals surface area contributed by atoms with Gasteiger partial charge in [0.05, 0.1) is 23.3 Å². The van der Waals surface area contributed by atoms with Gasteiger partial charge in [-0.3, -0.25) is 9.59 Å². The van der Waals surface area contributed by atoms with Crippen LogP contribution < -0.4 is 10.2 Å². The molecule has 0 bridgehead atoms. The number of benzene rings is 1. The molecule has 6 nitrogen and oxygen atoms in total. The third kappa shape index (κ3) is 3.05. The van der Waals surface area contributed by atoms with E-state index in [1.807, 2.05) is 36.1 Å². The second-order valence-corrected chi connectivity index (χ2v) is 9.68. The number of nitrogens with one attached hydrogen (secondary N) is 1. The molecule has 0 radical (unpaired) electrons. The van der Waals surface area contributed by atoms with Gasteiger partial charge in [0.1, 0.15) is 0 Å². The van der Waals surface area contributed by atoms with Crippen molar-refractivity contribution in [1.29, 1.82) is 0 Å². The molecule has 1 saturated heterocycles. The summed E-state index contributed by atoms with van der Waals surface area (Å²) in [5.41, 5.74) is 2.12. The Labute approximate surface area is 147 Å². The van der Waals surface area contributed by atoms with Crippen LogP contribution in [0.2, 0.25) is 0 Å². The third-order valence-electron chi connectivity index (χ3n) is 5.47. The fourth-order valence-electron chi connectivity index (χ4n) is 4.05. The normalized spacial score (nSPS) is 32.3. The van der Waals surface area contributed by atoms with Gasteiger partial charge in [-0.25, -0.2) is 8.42 Å². The van der Waals surface area contributed by atoms with Crippen molar-refractivity contribution in [2.45, 2.75) is 38.3 Å². The molecule has 1 saturated carbocycles. The SMILES string of the molecule is CC1Cc2ccccc2N1C(=O)C1CC1C(=O)NC1CCS(=O)(=O)C1. The largest absolute Gasteiger partial charge is 0.352 e. The van der Waals surface area contributed by atoms with Crippen LogP contribution in [-0.2, 0) is 25.8 Å². The van der Waals surface area contributed by atoms with E-state index in [0.717, 1.165) is 12.1 Å². The van der Waals surface area contributed by atoms with Gasteiger partial charge in [-0.05, 0) is 37.8 Å². The van der Waals surface area contributed by atoms with Crippen molar-refractivity contribution >= 4 is 27.3 Å². The van der Waals surface area contributed by atoms with Crippen LogP contribution in [0, 0.1) is 11.8 Å². The van der Waals surface area contributed by atoms with Gasteiger partial charge in [-0.1, -0.05) is 18.2 Å². The predicted octanol–water partition coefficient (Wildman–Crippen LogP) is 0.904. The van der Waals surface area contributed by atoms with E-state index in [2.05, 4.69) is 5.32 Å². The lowest BCUT2D eigenvalue weighted by Crippen LogP contribution is -2.40. The van der Waals surface area contributed by atoms with Gasteiger partial charge in [0.15, 0.2) is 9.84 Å². The van der Waals surface area contributed by atoms with E-state index in [1.165, 1.54) is 5.56 Å². The molecule has 2 heterocycles. The van der Waals surface area contributed by atoms with E-state index in [9.17, 15) is 18.0 Å². The summed E-state index contributed by atoms with van der Waals surface area (Å²) in [6, 6.07) is 7.69. The monoisotopic (exact) mass is 362 g/mol. The molecule has 3 aliphatic rings. The molecular weight excluding hydrogens is 340 g/mol. The summed E-state index contributed by atoms with van der Waals surface area (Å²) in [5.74, 6) is -0.632. The Morgan fingerprint density at radius 1 is 1.20 bits per heavy atom. The second kappa shape index (κ2) is 5.83. The van der Waals surface area contributed by atoms with Crippen molar-refractivity contribution in [2.75, 3.05) is 16.4 Å². The first kappa shape index (κ1) is 16.6. The van der Waals surface area contributed by atoms with E-state index in [-0.39, 0.29) is 47.2 Å². The molecule has 25 heavy (non-hydrogen) atoms. The molecule has 1 aliphatic carbocycles. The van der Waals surface area contributed by atoms with Crippen LogP contribution >= 0.6 is 0 Å². The Bertz CT molecular complexity index is 835. The van der Waals surface area contributed by atoms with Gasteiger partial charge in [0.2, 0.25) is 11.8 Å². The van der Waals surface area contributed by atoms with Crippen LogP contribution in [0.5, 0.6) is 0 Å². The van der Waals surface area contributed by atoms with Crippen molar-refractivity contribution in [2.24, 2.45) is 11.8 Å². The van der Waals surface area contributed by atoms with Crippen LogP contribution in [0.1, 0.15) is 25.3 Å². The summed E-state index contributed by atoms with van der Waals surface area (Å²) in [7, 11) is -3.02. The van der Waals surface area contributed by atoms with Crippen molar-refractivity contribution in [1.82, 2.24) is 5.32 Å². The molecule has 7 heteroatoms. The maximum absolute atomic E-state index is 12.9. The molecule has 2 amide bonds. The Kier molecular flexibility index (Phi) is 3.86. The lowest BCUT2D eigenvalue weighted by Gasteiger charge is -2.23. The number of carbonyl (C=O) groups excluding carboxylic acids is 2. The highest BCUT2D eigenvalue weighted by atomic mass is 32.2. The number of para-hydroxylation sites is 1. The summed E-state index contributed by atoms with van der Waals surface area (Å²) in [6.45, 7) is 2.03. The van der Waals surface area contributed by atoms with Gasteiger partial charge in [0, 0.05) is 17.8 Å². The number of anilines is 1. The molecule has 2 aliphatic heterocycles. The minimum absolute atomic E-state index is 0.0108. The van der Waals surface area contributed by atoms with E-state index in [0.29, 0.717) is 12.8 Å². The molecule has 2 fully saturated rings. The molecule has 4 atom stereocenters. The smallest absolute Gasteiger partial charge is 0.231 e. The Hall–Kier alpha value is -1.89. The Morgan fingerprint density at radius 3 is 2.68 bits per heavy atom. The maximum atomic E-state index is 12.9. The number of hydrogen-bond acceptors (Lipinski definition) is 4. The Balaban J connectivity index is 1.40. The maximum Gasteiger partial charge on any atom is 0.231 e. The molecule has 0 aromatic heterocycles. The number of nitrogens with zero attached hydrogens (tertiary/aromatic N) is 1. The highest BCUT2D eigenvalue weighted by molar-refractivity contribution is 7.91. The van der Waals surface area contributed by atoms with Crippen molar-refractivity contribution < 1.29 is 18.0 Å². The number of fused-ring (bicyclic) bond motifs is 1. The first-order valence-corrected chi connectivity index (χ1v) is 10.6. The summed E-state index contributed by atoms with van der Waals surface area (Å²) in [5, 5.41) is 2.81. The van der Waals surface area contributed by atoms with Gasteiger partial charge in [-0.15, -0.1) is 0 Å². The lowest BCUT2D eigenvalue weighted by atomic mass is 10.1. The third-order valence-corrected chi connectivity index (χ3v) is 7.24. The van der Waals surface area contributed by atoms with Gasteiger partial charge in [0.25, 0.3) is 0 Å². The molecule has 0 spiro atoms. The molecule has 4 unspecified atom stereocenters. The number of hydrogen-bond donors (Lipinski definition) is 1. The van der Waals surface area contributed by atoms with E-state index in [4.69, 9.17) is 0 Å². The minimum atomic E-state index is -3.02. The zero-order valence-electron chi connectivity index (χ0n) is 14.1. The number of sulfone groups is 1. The Morgan fingerprint density at radius 2 is 1.96 bits per heavy atom. The van der Waals surface area contributed by atoms with Crippen molar-refractivity contribution in [3.05, 3.63) is 29.8 Å². The highest BCUT2D eigenvalue weighted by Gasteiger charge is 2.51. The van der Waals surface area contributed by atoms with E-state index in [1.54, 1.807) is 0 Å². The number of amides is 2. The van der Waals surface area contributed by atoms with Crippen LogP contribution in [0.15, 0.2) is 24.3 Å². The standard InChI is InChI=1S/C18H22N2O4S/c1-11-8-12-4-2-3-5-16(12)20(11)18(22)15-9-14(15)17(21)19-13-6-7-25(23,24)10-13/h2-5,11,13-15H,6-10H2,1H3,(H,19,21). The molecule has 134 valence electrons. The zero-order chi connectivity index (χ0) is 17.8. The molecular formula is C18H22N2O4S. The number of carbonyl (C=O) groups is 2. The second-order valence-electron chi connectivity index (χ2n) is 7.45. The van der Waals surface area contributed by atoms with Gasteiger partial charge >= 0.3 is 0 Å². The van der Waals surface area contributed by atoms with E-state index >= 15 is 0 Å². The van der Waals surface area contributed by atoms with Crippen molar-refractivity contribution in [3.63, 3.8) is 0 Å². The quantitative estimate of drug-likeness (QED) is 0.866. The summed E-state index contributed by atoms with van der Waals surface area (Å²) in [6.07, 6.45) is 1.86. The first-order valence-electron chi connectivity index (χ1n) is 8.77. The highest BCUT2D eigenvalue weighted by Crippen LogP contribution is 2.43. The van der Waals surface area contributed by atoms with Gasteiger partial charge in [-0.2, -0.15) is 0 Å². The molecule has 1 aromatic carbocycles. The van der Waals surface area contributed by atoms with Crippen LogP contribution in [-0.4, -0.2) is 43.8 Å². The van der Waals surface area contributed by atoms with Crippen LogP contribution in [0.3, 0.4) is 0 Å². The minimum Gasteiger partial charge on any atom is -0.352 e. The lowest BCUT2D eigenvalue weighted by molar-refractivity contribution is -0.126. The summed E-state index contributed by atoms with van der Waals surface area (Å²) >= 11 is 0. The topological polar surface area (TPSA) is 83.6 Å². The molecule has 4 rings (SSSR count). The van der Waals surface area contributed by atoms with Gasteiger partial charge < -0.3 is 10.2 Å². The summed E-state index contributed by atoms with van der Waals surface area (Å²) in [4.78, 5) is 27.1. The van der Waals surface area contributed by atoms with E-state index < -0.39 is 9.84 Å².